The summed E-state index contributed by atoms with van der Waals surface area (Å²) in [5.41, 5.74) is 0. The van der Waals surface area contributed by atoms with Crippen molar-refractivity contribution >= 4 is 22.2 Å². The smallest absolute Gasteiger partial charge is 0.217 e. The molecule has 0 aliphatic carbocycles. The predicted molar refractivity (Wildman–Crippen MR) is 245 cm³/mol. The minimum Gasteiger partial charge on any atom is -0.726 e. The number of hydrogen-bond acceptors (Lipinski definition) is 5. The van der Waals surface area contributed by atoms with Crippen molar-refractivity contribution in [2.45, 2.75) is 265 Å². The molecule has 0 saturated carbocycles. The second-order valence-corrected chi connectivity index (χ2v) is 19.7. The summed E-state index contributed by atoms with van der Waals surface area (Å²) in [5.74, 6) is 2.83. The lowest BCUT2D eigenvalue weighted by molar-refractivity contribution is -0.925. The second kappa shape index (κ2) is 43.8. The summed E-state index contributed by atoms with van der Waals surface area (Å²) in [4.78, 5) is 0. The molecule has 332 valence electrons. The Hall–Kier alpha value is 0.180. The van der Waals surface area contributed by atoms with Gasteiger partial charge in [-0.1, -0.05) is 233 Å². The Bertz CT molecular complexity index is 834. The van der Waals surface area contributed by atoms with E-state index < -0.39 is 10.4 Å². The van der Waals surface area contributed by atoms with E-state index in [2.05, 4.69) is 36.7 Å². The highest BCUT2D eigenvalue weighted by Crippen LogP contribution is 2.23. The van der Waals surface area contributed by atoms with Gasteiger partial charge in [-0.2, -0.15) is 11.8 Å². The molecule has 7 heteroatoms. The van der Waals surface area contributed by atoms with Crippen molar-refractivity contribution in [2.75, 3.05) is 44.3 Å². The lowest BCUT2D eigenvalue weighted by atomic mass is 10.0. The van der Waals surface area contributed by atoms with E-state index in [9.17, 15) is 13.0 Å². The van der Waals surface area contributed by atoms with Crippen LogP contribution in [0.4, 0.5) is 0 Å². The zero-order chi connectivity index (χ0) is 40.2. The fourth-order valence-corrected chi connectivity index (χ4v) is 9.88. The number of rotatable bonds is 42. The standard InChI is InChI=1S/C32H66NS.C16H34O4S/c1-3-5-7-9-11-13-15-16-17-18-20-22-24-26-28-33(29-31-34-32-30-33)27-25-23-21-19-14-12-10-8-6-4-2;1-2-3-4-5-6-7-8-9-10-11-12-13-14-15-16-20-21(17,18)19/h3-32H2,1-2H3;2-16H2,1H3,(H,17,18,19)/q+1;/p-1. The van der Waals surface area contributed by atoms with E-state index in [4.69, 9.17) is 0 Å². The first-order chi connectivity index (χ1) is 26.9. The van der Waals surface area contributed by atoms with Gasteiger partial charge in [0.15, 0.2) is 0 Å². The van der Waals surface area contributed by atoms with Crippen LogP contribution in [0.3, 0.4) is 0 Å². The number of thioether (sulfide) groups is 1. The van der Waals surface area contributed by atoms with Gasteiger partial charge in [0.05, 0.1) is 32.8 Å². The summed E-state index contributed by atoms with van der Waals surface area (Å²) in [6.45, 7) is 12.8. The molecule has 0 aromatic rings. The Morgan fingerprint density at radius 2 is 0.636 bits per heavy atom. The van der Waals surface area contributed by atoms with Crippen molar-refractivity contribution in [2.24, 2.45) is 0 Å². The summed E-state index contributed by atoms with van der Waals surface area (Å²) in [5, 5.41) is 0. The Morgan fingerprint density at radius 1 is 0.400 bits per heavy atom. The van der Waals surface area contributed by atoms with Gasteiger partial charge in [-0.05, 0) is 32.1 Å². The van der Waals surface area contributed by atoms with Gasteiger partial charge in [0.25, 0.3) is 0 Å². The zero-order valence-corrected chi connectivity index (χ0v) is 39.3. The van der Waals surface area contributed by atoms with E-state index in [0.29, 0.717) is 6.42 Å². The second-order valence-electron chi connectivity index (χ2n) is 17.5. The topological polar surface area (TPSA) is 66.4 Å². The van der Waals surface area contributed by atoms with Crippen LogP contribution in [-0.4, -0.2) is 61.7 Å². The fourth-order valence-electron chi connectivity index (χ4n) is 8.32. The molecule has 0 atom stereocenters. The Balaban J connectivity index is 0.00000119. The van der Waals surface area contributed by atoms with Gasteiger partial charge in [0, 0.05) is 11.5 Å². The minimum atomic E-state index is -4.49. The molecule has 0 aromatic carbocycles. The summed E-state index contributed by atoms with van der Waals surface area (Å²) in [7, 11) is -4.49. The number of hydrogen-bond donors (Lipinski definition) is 0. The van der Waals surface area contributed by atoms with Crippen LogP contribution >= 0.6 is 11.8 Å². The summed E-state index contributed by atoms with van der Waals surface area (Å²) in [6.07, 6.45) is 52.7. The first-order valence-electron chi connectivity index (χ1n) is 24.9. The molecule has 1 heterocycles. The van der Waals surface area contributed by atoms with Crippen LogP contribution in [0.25, 0.3) is 0 Å². The number of unbranched alkanes of at least 4 members (excludes halogenated alkanes) is 35. The first-order valence-corrected chi connectivity index (χ1v) is 27.4. The van der Waals surface area contributed by atoms with E-state index in [0.717, 1.165) is 12.8 Å². The third-order valence-electron chi connectivity index (χ3n) is 12.1. The highest BCUT2D eigenvalue weighted by atomic mass is 32.3. The van der Waals surface area contributed by atoms with Crippen molar-refractivity contribution in [3.8, 4) is 0 Å². The molecule has 0 bridgehead atoms. The zero-order valence-electron chi connectivity index (χ0n) is 37.7. The van der Waals surface area contributed by atoms with E-state index in [-0.39, 0.29) is 6.61 Å². The van der Waals surface area contributed by atoms with Crippen molar-refractivity contribution < 1.29 is 21.6 Å². The van der Waals surface area contributed by atoms with Gasteiger partial charge >= 0.3 is 0 Å². The molecule has 0 aromatic heterocycles. The quantitative estimate of drug-likeness (QED) is 0.0266. The van der Waals surface area contributed by atoms with Crippen molar-refractivity contribution in [3.63, 3.8) is 0 Å². The lowest BCUT2D eigenvalue weighted by Gasteiger charge is -2.41. The van der Waals surface area contributed by atoms with E-state index >= 15 is 0 Å². The highest BCUT2D eigenvalue weighted by molar-refractivity contribution is 7.99. The SMILES string of the molecule is CCCCCCCCCCCCCCCCOS(=O)(=O)[O-].CCCCCCCCCCCCCCCC[N+]1(CCCCCCCCCCCC)CCSCC1. The molecular weight excluding hydrogens is 719 g/mol. The Labute approximate surface area is 351 Å². The highest BCUT2D eigenvalue weighted by Gasteiger charge is 2.28. The Morgan fingerprint density at radius 3 is 0.891 bits per heavy atom. The van der Waals surface area contributed by atoms with Gasteiger partial charge in [-0.3, -0.25) is 4.18 Å². The van der Waals surface area contributed by atoms with Gasteiger partial charge in [-0.15, -0.1) is 0 Å². The molecule has 0 spiro atoms. The van der Waals surface area contributed by atoms with Crippen molar-refractivity contribution in [1.82, 2.24) is 0 Å². The molecule has 55 heavy (non-hydrogen) atoms. The van der Waals surface area contributed by atoms with Gasteiger partial charge in [0.1, 0.15) is 0 Å². The molecule has 5 nitrogen and oxygen atoms in total. The number of nitrogens with zero attached hydrogens (tertiary/aromatic N) is 1. The molecule has 0 N–H and O–H groups in total. The summed E-state index contributed by atoms with van der Waals surface area (Å²) >= 11 is 2.20. The van der Waals surface area contributed by atoms with Crippen LogP contribution in [0.5, 0.6) is 0 Å². The van der Waals surface area contributed by atoms with E-state index in [1.165, 1.54) is 267 Å². The molecule has 1 saturated heterocycles. The molecule has 0 amide bonds. The van der Waals surface area contributed by atoms with Crippen LogP contribution in [0.2, 0.25) is 0 Å². The summed E-state index contributed by atoms with van der Waals surface area (Å²) < 4.78 is 36.2. The van der Waals surface area contributed by atoms with Crippen LogP contribution in [-0.2, 0) is 14.6 Å². The van der Waals surface area contributed by atoms with Crippen LogP contribution in [0.1, 0.15) is 265 Å². The minimum absolute atomic E-state index is 0.0316. The average molecular weight is 818 g/mol. The number of quaternary nitrogens is 1. The molecular formula is C48H99NO4S2. The maximum Gasteiger partial charge on any atom is 0.217 e. The first kappa shape index (κ1) is 55.2. The lowest BCUT2D eigenvalue weighted by Crippen LogP contribution is -2.54. The third kappa shape index (κ3) is 43.6. The van der Waals surface area contributed by atoms with Gasteiger partial charge < -0.3 is 9.04 Å². The molecule has 0 unspecified atom stereocenters. The monoisotopic (exact) mass is 818 g/mol. The van der Waals surface area contributed by atoms with E-state index in [1.54, 1.807) is 0 Å². The maximum atomic E-state index is 10.2. The van der Waals surface area contributed by atoms with Gasteiger partial charge in [-0.25, -0.2) is 8.42 Å². The molecule has 1 rings (SSSR count). The van der Waals surface area contributed by atoms with Gasteiger partial charge in [0.2, 0.25) is 10.4 Å². The van der Waals surface area contributed by atoms with Crippen LogP contribution in [0, 0.1) is 0 Å². The predicted octanol–water partition coefficient (Wildman–Crippen LogP) is 15.9. The largest absolute Gasteiger partial charge is 0.726 e. The van der Waals surface area contributed by atoms with Crippen LogP contribution < -0.4 is 0 Å². The molecule has 1 aliphatic rings. The normalized spacial score (nSPS) is 14.3. The molecule has 1 fully saturated rings. The molecule has 1 aliphatic heterocycles. The third-order valence-corrected chi connectivity index (χ3v) is 13.5. The van der Waals surface area contributed by atoms with Crippen LogP contribution in [0.15, 0.2) is 0 Å². The fraction of sp³-hybridized carbons (Fsp3) is 1.00. The summed E-state index contributed by atoms with van der Waals surface area (Å²) in [6, 6.07) is 0. The van der Waals surface area contributed by atoms with Crippen molar-refractivity contribution in [1.29, 1.82) is 0 Å². The van der Waals surface area contributed by atoms with E-state index in [1.807, 2.05) is 0 Å². The average Bonchev–Trinajstić information content (AvgIpc) is 3.17. The molecule has 0 radical (unpaired) electrons. The Kier molecular flexibility index (Phi) is 43.9. The van der Waals surface area contributed by atoms with Crippen molar-refractivity contribution in [3.05, 3.63) is 0 Å². The maximum absolute atomic E-state index is 10.2.